The molecule has 9 heteroatoms. The van der Waals surface area contributed by atoms with E-state index in [1.165, 1.54) is 5.56 Å². The van der Waals surface area contributed by atoms with Gasteiger partial charge in [-0.1, -0.05) is 18.2 Å². The van der Waals surface area contributed by atoms with Crippen LogP contribution in [0, 0.1) is 0 Å². The van der Waals surface area contributed by atoms with Crippen LogP contribution < -0.4 is 20.7 Å². The molecule has 8 bridgehead atoms. The van der Waals surface area contributed by atoms with Crippen molar-refractivity contribution in [2.45, 2.75) is 31.8 Å². The molecule has 1 saturated heterocycles. The third-order valence-corrected chi connectivity index (χ3v) is 6.93. The quantitative estimate of drug-likeness (QED) is 0.429. The number of carbonyl (C=O) groups excluding carboxylic acids is 1. The Balaban J connectivity index is 1.33. The summed E-state index contributed by atoms with van der Waals surface area (Å²) in [5.41, 5.74) is 3.11. The van der Waals surface area contributed by atoms with Crippen LogP contribution in [-0.4, -0.2) is 71.6 Å². The number of hydrogen-bond acceptors (Lipinski definition) is 8. The molecule has 0 spiro atoms. The van der Waals surface area contributed by atoms with E-state index in [9.17, 15) is 4.79 Å². The second kappa shape index (κ2) is 12.0. The number of fused-ring (bicyclic) bond motifs is 9. The molecule has 4 heterocycles. The van der Waals surface area contributed by atoms with E-state index in [1.807, 2.05) is 30.3 Å². The molecule has 3 N–H and O–H groups in total. The summed E-state index contributed by atoms with van der Waals surface area (Å²) >= 11 is 0. The predicted molar refractivity (Wildman–Crippen MR) is 146 cm³/mol. The van der Waals surface area contributed by atoms with Crippen LogP contribution in [0.3, 0.4) is 0 Å². The summed E-state index contributed by atoms with van der Waals surface area (Å²) in [7, 11) is 2.21. The standard InChI is InChI=1S/C28H35N7O2/c1-34-19-21-4-2-5-22(16-21)32-26-18-27(31-20-30-26)33-23-6-3-7-25(17-23)37-15-11-29-28(36)10-14-35-12-8-24(34)9-13-35/h2-7,16-18,20,24H,8-15,19H2,1H3,(H,29,36)(H2,30,31,32,33). The molecule has 3 aliphatic heterocycles. The molecule has 1 aromatic heterocycles. The van der Waals surface area contributed by atoms with Crippen LogP contribution in [0.25, 0.3) is 0 Å². The van der Waals surface area contributed by atoms with Gasteiger partial charge >= 0.3 is 0 Å². The zero-order chi connectivity index (χ0) is 25.5. The Bertz CT molecular complexity index is 1200. The van der Waals surface area contributed by atoms with Gasteiger partial charge in [0.05, 0.1) is 6.54 Å². The third kappa shape index (κ3) is 7.18. The lowest BCUT2D eigenvalue weighted by Gasteiger charge is -2.36. The normalized spacial score (nSPS) is 21.5. The summed E-state index contributed by atoms with van der Waals surface area (Å²) in [6, 6.07) is 18.6. The van der Waals surface area contributed by atoms with Gasteiger partial charge in [0.2, 0.25) is 5.91 Å². The molecule has 37 heavy (non-hydrogen) atoms. The monoisotopic (exact) mass is 501 g/mol. The number of aromatic nitrogens is 2. The van der Waals surface area contributed by atoms with Crippen molar-refractivity contribution in [3.8, 4) is 5.75 Å². The molecule has 1 fully saturated rings. The maximum Gasteiger partial charge on any atom is 0.221 e. The van der Waals surface area contributed by atoms with Gasteiger partial charge in [0, 0.05) is 49.1 Å². The third-order valence-electron chi connectivity index (χ3n) is 6.93. The number of piperidine rings is 1. The summed E-state index contributed by atoms with van der Waals surface area (Å²) in [5, 5.41) is 9.71. The molecule has 1 amide bonds. The van der Waals surface area contributed by atoms with Crippen LogP contribution in [-0.2, 0) is 11.3 Å². The molecule has 0 aliphatic carbocycles. The van der Waals surface area contributed by atoms with E-state index < -0.39 is 0 Å². The minimum atomic E-state index is 0.0702. The maximum atomic E-state index is 12.3. The van der Waals surface area contributed by atoms with Crippen molar-refractivity contribution in [2.24, 2.45) is 0 Å². The zero-order valence-corrected chi connectivity index (χ0v) is 21.3. The van der Waals surface area contributed by atoms with Gasteiger partial charge in [-0.15, -0.1) is 0 Å². The smallest absolute Gasteiger partial charge is 0.221 e. The Kier molecular flexibility index (Phi) is 8.12. The van der Waals surface area contributed by atoms with Crippen LogP contribution in [0.1, 0.15) is 24.8 Å². The second-order valence-corrected chi connectivity index (χ2v) is 9.70. The Morgan fingerprint density at radius 1 is 0.919 bits per heavy atom. The molecule has 0 saturated carbocycles. The highest BCUT2D eigenvalue weighted by atomic mass is 16.5. The fourth-order valence-corrected chi connectivity index (χ4v) is 4.91. The van der Waals surface area contributed by atoms with Crippen molar-refractivity contribution < 1.29 is 9.53 Å². The molecule has 9 nitrogen and oxygen atoms in total. The zero-order valence-electron chi connectivity index (χ0n) is 21.3. The SMILES string of the molecule is CN1Cc2cccc(c2)Nc2cc(ncn2)Nc2cccc(c2)OCCNC(=O)CCN2CCC1CC2. The lowest BCUT2D eigenvalue weighted by molar-refractivity contribution is -0.121. The first-order chi connectivity index (χ1) is 18.1. The van der Waals surface area contributed by atoms with Crippen LogP contribution >= 0.6 is 0 Å². The summed E-state index contributed by atoms with van der Waals surface area (Å²) < 4.78 is 5.86. The van der Waals surface area contributed by atoms with Crippen molar-refractivity contribution in [1.29, 1.82) is 0 Å². The molecule has 3 aromatic rings. The van der Waals surface area contributed by atoms with E-state index in [-0.39, 0.29) is 5.91 Å². The molecule has 6 rings (SSSR count). The van der Waals surface area contributed by atoms with Gasteiger partial charge in [-0.3, -0.25) is 9.69 Å². The van der Waals surface area contributed by atoms with Crippen molar-refractivity contribution in [1.82, 2.24) is 25.1 Å². The van der Waals surface area contributed by atoms with Crippen molar-refractivity contribution >= 4 is 28.9 Å². The number of rotatable bonds is 0. The van der Waals surface area contributed by atoms with Crippen LogP contribution in [0.5, 0.6) is 5.75 Å². The number of carbonyl (C=O) groups is 1. The fraction of sp³-hybridized carbons (Fsp3) is 0.393. The first-order valence-corrected chi connectivity index (χ1v) is 13.0. The lowest BCUT2D eigenvalue weighted by Crippen LogP contribution is -2.44. The second-order valence-electron chi connectivity index (χ2n) is 9.70. The molecule has 0 radical (unpaired) electrons. The van der Waals surface area contributed by atoms with E-state index >= 15 is 0 Å². The van der Waals surface area contributed by atoms with Crippen molar-refractivity contribution in [2.75, 3.05) is 50.5 Å². The first kappa shape index (κ1) is 25.0. The molecule has 194 valence electrons. The number of nitrogens with one attached hydrogen (secondary N) is 3. The summed E-state index contributed by atoms with van der Waals surface area (Å²) in [6.45, 7) is 4.61. The average molecular weight is 502 g/mol. The summed E-state index contributed by atoms with van der Waals surface area (Å²) in [5.74, 6) is 2.19. The van der Waals surface area contributed by atoms with Gasteiger partial charge in [0.25, 0.3) is 0 Å². The van der Waals surface area contributed by atoms with Crippen LogP contribution in [0.2, 0.25) is 0 Å². The van der Waals surface area contributed by atoms with E-state index in [0.29, 0.717) is 37.3 Å². The number of ether oxygens (including phenoxy) is 1. The first-order valence-electron chi connectivity index (χ1n) is 13.0. The fourth-order valence-electron chi connectivity index (χ4n) is 4.91. The van der Waals surface area contributed by atoms with E-state index in [2.05, 4.69) is 67.0 Å². The minimum absolute atomic E-state index is 0.0702. The van der Waals surface area contributed by atoms with Gasteiger partial charge in [0.15, 0.2) is 0 Å². The summed E-state index contributed by atoms with van der Waals surface area (Å²) in [6.07, 6.45) is 4.28. The molecular weight excluding hydrogens is 466 g/mol. The van der Waals surface area contributed by atoms with Crippen molar-refractivity contribution in [3.63, 3.8) is 0 Å². The molecule has 0 unspecified atom stereocenters. The highest BCUT2D eigenvalue weighted by molar-refractivity contribution is 5.76. The number of amides is 1. The van der Waals surface area contributed by atoms with Crippen LogP contribution in [0.15, 0.2) is 60.9 Å². The van der Waals surface area contributed by atoms with Crippen LogP contribution in [0.4, 0.5) is 23.0 Å². The van der Waals surface area contributed by atoms with E-state index in [1.54, 1.807) is 6.33 Å². The number of benzene rings is 2. The van der Waals surface area contributed by atoms with Crippen molar-refractivity contribution in [3.05, 3.63) is 66.5 Å². The highest BCUT2D eigenvalue weighted by Crippen LogP contribution is 2.24. The van der Waals surface area contributed by atoms with Gasteiger partial charge < -0.3 is 25.6 Å². The molecule has 3 aliphatic rings. The average Bonchev–Trinajstić information content (AvgIpc) is 2.90. The Morgan fingerprint density at radius 3 is 2.43 bits per heavy atom. The number of hydrogen-bond donors (Lipinski definition) is 3. The Morgan fingerprint density at radius 2 is 1.65 bits per heavy atom. The topological polar surface area (TPSA) is 94.6 Å². The predicted octanol–water partition coefficient (Wildman–Crippen LogP) is 3.76. The highest BCUT2D eigenvalue weighted by Gasteiger charge is 2.23. The molecule has 2 aromatic carbocycles. The lowest BCUT2D eigenvalue weighted by atomic mass is 10.0. The molecular formula is C28H35N7O2. The van der Waals surface area contributed by atoms with E-state index in [0.717, 1.165) is 56.1 Å². The van der Waals surface area contributed by atoms with Gasteiger partial charge in [-0.25, -0.2) is 9.97 Å². The Labute approximate surface area is 218 Å². The summed E-state index contributed by atoms with van der Waals surface area (Å²) in [4.78, 5) is 25.9. The number of anilines is 4. The largest absolute Gasteiger partial charge is 0.492 e. The number of nitrogens with zero attached hydrogens (tertiary/aromatic N) is 4. The van der Waals surface area contributed by atoms with E-state index in [4.69, 9.17) is 4.74 Å². The Hall–Kier alpha value is -3.69. The van der Waals surface area contributed by atoms with Gasteiger partial charge in [-0.2, -0.15) is 0 Å². The molecule has 0 atom stereocenters. The minimum Gasteiger partial charge on any atom is -0.492 e. The van der Waals surface area contributed by atoms with Gasteiger partial charge in [0.1, 0.15) is 30.3 Å². The maximum absolute atomic E-state index is 12.3. The van der Waals surface area contributed by atoms with Gasteiger partial charge in [-0.05, 0) is 62.8 Å².